The number of carbonyl (C=O) groups is 1. The molecule has 0 aliphatic carbocycles. The smallest absolute Gasteiger partial charge is 0.134 e. The maximum absolute atomic E-state index is 11.0. The number of carbonyl (C=O) groups excluding carboxylic acids is 1. The standard InChI is InChI=1S/C13H27NO4.C2H6/c1-4-13(15)5-7-16-9-11-18-12-10-17-8-6-14(2)3;1-2/h4-12H2,1-3H3;1-2H3. The van der Waals surface area contributed by atoms with Crippen molar-refractivity contribution in [3.05, 3.63) is 0 Å². The van der Waals surface area contributed by atoms with Crippen molar-refractivity contribution in [2.45, 2.75) is 33.6 Å². The van der Waals surface area contributed by atoms with Gasteiger partial charge in [-0.1, -0.05) is 20.8 Å². The van der Waals surface area contributed by atoms with Crippen LogP contribution in [0.4, 0.5) is 0 Å². The molecule has 0 atom stereocenters. The zero-order valence-electron chi connectivity index (χ0n) is 13.9. The minimum Gasteiger partial charge on any atom is -0.379 e. The second-order valence-corrected chi connectivity index (χ2v) is 4.28. The summed E-state index contributed by atoms with van der Waals surface area (Å²) in [5.74, 6) is 0.241. The molecule has 0 bridgehead atoms. The molecule has 5 heteroatoms. The number of Topliss-reactive ketones (excluding diaryl/α,β-unsaturated/α-hetero) is 1. The Kier molecular flexibility index (Phi) is 20.2. The van der Waals surface area contributed by atoms with E-state index >= 15 is 0 Å². The fraction of sp³-hybridized carbons (Fsp3) is 0.933. The van der Waals surface area contributed by atoms with Gasteiger partial charge in [-0.2, -0.15) is 0 Å². The number of ketones is 1. The van der Waals surface area contributed by atoms with Crippen LogP contribution in [0.25, 0.3) is 0 Å². The molecule has 0 aliphatic heterocycles. The summed E-state index contributed by atoms with van der Waals surface area (Å²) in [5, 5.41) is 0. The Labute approximate surface area is 124 Å². The molecule has 0 radical (unpaired) electrons. The lowest BCUT2D eigenvalue weighted by Crippen LogP contribution is -2.19. The molecular weight excluding hydrogens is 258 g/mol. The molecular formula is C15H33NO4. The average Bonchev–Trinajstić information content (AvgIpc) is 2.46. The third-order valence-corrected chi connectivity index (χ3v) is 2.35. The molecule has 0 aromatic heterocycles. The van der Waals surface area contributed by atoms with Gasteiger partial charge in [0.1, 0.15) is 5.78 Å². The highest BCUT2D eigenvalue weighted by molar-refractivity contribution is 5.78. The molecule has 0 aliphatic rings. The maximum Gasteiger partial charge on any atom is 0.134 e. The highest BCUT2D eigenvalue weighted by atomic mass is 16.5. The third-order valence-electron chi connectivity index (χ3n) is 2.35. The van der Waals surface area contributed by atoms with Crippen LogP contribution in [0.1, 0.15) is 33.6 Å². The maximum atomic E-state index is 11.0. The minimum absolute atomic E-state index is 0.241. The first-order valence-electron chi connectivity index (χ1n) is 7.56. The summed E-state index contributed by atoms with van der Waals surface area (Å²) in [6, 6.07) is 0. The Balaban J connectivity index is 0. The molecule has 0 aromatic rings. The van der Waals surface area contributed by atoms with E-state index < -0.39 is 0 Å². The molecule has 0 aromatic carbocycles. The molecule has 0 amide bonds. The van der Waals surface area contributed by atoms with Crippen molar-refractivity contribution in [2.75, 3.05) is 60.3 Å². The summed E-state index contributed by atoms with van der Waals surface area (Å²) in [6.07, 6.45) is 1.09. The number of rotatable bonds is 13. The summed E-state index contributed by atoms with van der Waals surface area (Å²) < 4.78 is 16.0. The first-order valence-corrected chi connectivity index (χ1v) is 7.56. The summed E-state index contributed by atoms with van der Waals surface area (Å²) in [7, 11) is 4.03. The number of likely N-dealkylation sites (N-methyl/N-ethyl adjacent to an activating group) is 1. The summed E-state index contributed by atoms with van der Waals surface area (Å²) in [5.41, 5.74) is 0. The van der Waals surface area contributed by atoms with Gasteiger partial charge in [0, 0.05) is 19.4 Å². The van der Waals surface area contributed by atoms with E-state index in [2.05, 4.69) is 4.90 Å². The van der Waals surface area contributed by atoms with Crippen LogP contribution in [0.2, 0.25) is 0 Å². The normalized spacial score (nSPS) is 10.3. The topological polar surface area (TPSA) is 48.0 Å². The average molecular weight is 291 g/mol. The monoisotopic (exact) mass is 291 g/mol. The fourth-order valence-electron chi connectivity index (χ4n) is 1.15. The SMILES string of the molecule is CC.CCC(=O)CCOCCOCCOCCN(C)C. The van der Waals surface area contributed by atoms with Crippen molar-refractivity contribution in [1.29, 1.82) is 0 Å². The highest BCUT2D eigenvalue weighted by Gasteiger charge is 1.97. The molecule has 0 saturated heterocycles. The molecule has 5 nitrogen and oxygen atoms in total. The minimum atomic E-state index is 0.241. The Hall–Kier alpha value is -0.490. The number of hydrogen-bond donors (Lipinski definition) is 0. The summed E-state index contributed by atoms with van der Waals surface area (Å²) in [4.78, 5) is 13.0. The molecule has 0 rings (SSSR count). The van der Waals surface area contributed by atoms with E-state index in [4.69, 9.17) is 14.2 Å². The van der Waals surface area contributed by atoms with Crippen LogP contribution in [0.5, 0.6) is 0 Å². The van der Waals surface area contributed by atoms with Gasteiger partial charge in [-0.3, -0.25) is 4.79 Å². The summed E-state index contributed by atoms with van der Waals surface area (Å²) >= 11 is 0. The zero-order chi connectivity index (χ0) is 15.6. The van der Waals surface area contributed by atoms with E-state index in [0.717, 1.165) is 13.2 Å². The lowest BCUT2D eigenvalue weighted by atomic mass is 10.2. The molecule has 0 N–H and O–H groups in total. The van der Waals surface area contributed by atoms with Gasteiger partial charge in [0.15, 0.2) is 0 Å². The van der Waals surface area contributed by atoms with Crippen LogP contribution in [0, 0.1) is 0 Å². The summed E-state index contributed by atoms with van der Waals surface area (Å²) in [6.45, 7) is 10.3. The van der Waals surface area contributed by atoms with Crippen molar-refractivity contribution in [3.63, 3.8) is 0 Å². The van der Waals surface area contributed by atoms with E-state index in [1.807, 2.05) is 34.9 Å². The number of ether oxygens (including phenoxy) is 3. The Morgan fingerprint density at radius 3 is 1.75 bits per heavy atom. The van der Waals surface area contributed by atoms with Crippen molar-refractivity contribution in [2.24, 2.45) is 0 Å². The van der Waals surface area contributed by atoms with Gasteiger partial charge in [0.2, 0.25) is 0 Å². The van der Waals surface area contributed by atoms with Gasteiger partial charge in [0.05, 0.1) is 39.6 Å². The lowest BCUT2D eigenvalue weighted by Gasteiger charge is -2.10. The van der Waals surface area contributed by atoms with Gasteiger partial charge >= 0.3 is 0 Å². The molecule has 20 heavy (non-hydrogen) atoms. The first-order chi connectivity index (χ1) is 9.66. The molecule has 0 heterocycles. The van der Waals surface area contributed by atoms with Crippen LogP contribution in [-0.2, 0) is 19.0 Å². The van der Waals surface area contributed by atoms with Crippen molar-refractivity contribution < 1.29 is 19.0 Å². The second-order valence-electron chi connectivity index (χ2n) is 4.28. The van der Waals surface area contributed by atoms with Crippen LogP contribution in [0.15, 0.2) is 0 Å². The number of hydrogen-bond acceptors (Lipinski definition) is 5. The fourth-order valence-corrected chi connectivity index (χ4v) is 1.15. The van der Waals surface area contributed by atoms with Crippen LogP contribution in [-0.4, -0.2) is 71.0 Å². The third kappa shape index (κ3) is 19.8. The largest absolute Gasteiger partial charge is 0.379 e. The molecule has 122 valence electrons. The van der Waals surface area contributed by atoms with Gasteiger partial charge in [-0.25, -0.2) is 0 Å². The van der Waals surface area contributed by atoms with E-state index in [9.17, 15) is 4.79 Å². The second kappa shape index (κ2) is 18.5. The predicted molar refractivity (Wildman–Crippen MR) is 82.3 cm³/mol. The zero-order valence-corrected chi connectivity index (χ0v) is 13.9. The van der Waals surface area contributed by atoms with Crippen molar-refractivity contribution >= 4 is 5.78 Å². The van der Waals surface area contributed by atoms with Gasteiger partial charge < -0.3 is 19.1 Å². The molecule has 0 unspecified atom stereocenters. The highest BCUT2D eigenvalue weighted by Crippen LogP contribution is 1.90. The molecule has 0 saturated carbocycles. The Morgan fingerprint density at radius 1 is 0.850 bits per heavy atom. The van der Waals surface area contributed by atoms with Gasteiger partial charge in [-0.15, -0.1) is 0 Å². The van der Waals surface area contributed by atoms with E-state index in [1.165, 1.54) is 0 Å². The quantitative estimate of drug-likeness (QED) is 0.486. The Bertz CT molecular complexity index is 198. The molecule has 0 fully saturated rings. The number of nitrogens with zero attached hydrogens (tertiary/aromatic N) is 1. The van der Waals surface area contributed by atoms with Crippen LogP contribution >= 0.6 is 0 Å². The van der Waals surface area contributed by atoms with Crippen LogP contribution < -0.4 is 0 Å². The lowest BCUT2D eigenvalue weighted by molar-refractivity contribution is -0.119. The van der Waals surface area contributed by atoms with E-state index in [1.54, 1.807) is 0 Å². The van der Waals surface area contributed by atoms with Crippen molar-refractivity contribution in [1.82, 2.24) is 4.90 Å². The predicted octanol–water partition coefficient (Wildman–Crippen LogP) is 1.99. The van der Waals surface area contributed by atoms with E-state index in [-0.39, 0.29) is 5.78 Å². The van der Waals surface area contributed by atoms with Gasteiger partial charge in [0.25, 0.3) is 0 Å². The van der Waals surface area contributed by atoms with Gasteiger partial charge in [-0.05, 0) is 14.1 Å². The van der Waals surface area contributed by atoms with E-state index in [0.29, 0.717) is 45.9 Å². The first kappa shape index (κ1) is 21.8. The van der Waals surface area contributed by atoms with Crippen molar-refractivity contribution in [3.8, 4) is 0 Å². The molecule has 0 spiro atoms. The Morgan fingerprint density at radius 2 is 1.30 bits per heavy atom. The van der Waals surface area contributed by atoms with Crippen LogP contribution in [0.3, 0.4) is 0 Å².